The molecule has 0 bridgehead atoms. The second-order valence-electron chi connectivity index (χ2n) is 7.01. The summed E-state index contributed by atoms with van der Waals surface area (Å²) < 4.78 is 32.0. The topological polar surface area (TPSA) is 105 Å². The fourth-order valence-corrected chi connectivity index (χ4v) is 4.33. The van der Waals surface area contributed by atoms with E-state index in [9.17, 15) is 13.2 Å². The van der Waals surface area contributed by atoms with Gasteiger partial charge in [-0.05, 0) is 56.2 Å². The van der Waals surface area contributed by atoms with E-state index in [2.05, 4.69) is 15.5 Å². The van der Waals surface area contributed by atoms with Crippen LogP contribution in [-0.2, 0) is 10.0 Å². The highest BCUT2D eigenvalue weighted by molar-refractivity contribution is 7.89. The van der Waals surface area contributed by atoms with Gasteiger partial charge < -0.3 is 4.42 Å². The molecule has 9 heteroatoms. The monoisotopic (exact) mass is 412 g/mol. The Bertz CT molecular complexity index is 1150. The van der Waals surface area contributed by atoms with Gasteiger partial charge in [0, 0.05) is 24.2 Å². The first-order valence-corrected chi connectivity index (χ1v) is 10.6. The van der Waals surface area contributed by atoms with Crippen molar-refractivity contribution in [2.45, 2.75) is 30.7 Å². The first-order valence-electron chi connectivity index (χ1n) is 9.14. The van der Waals surface area contributed by atoms with Crippen molar-refractivity contribution >= 4 is 21.9 Å². The molecule has 150 valence electrons. The summed E-state index contributed by atoms with van der Waals surface area (Å²) >= 11 is 0. The zero-order valence-corrected chi connectivity index (χ0v) is 16.8. The van der Waals surface area contributed by atoms with Gasteiger partial charge in [-0.3, -0.25) is 10.1 Å². The summed E-state index contributed by atoms with van der Waals surface area (Å²) in [6.45, 7) is 1.95. The third-order valence-electron chi connectivity index (χ3n) is 4.77. The van der Waals surface area contributed by atoms with Crippen LogP contribution in [0.4, 0.5) is 6.01 Å². The largest absolute Gasteiger partial charge is 0.403 e. The number of aromatic nitrogens is 2. The molecule has 29 heavy (non-hydrogen) atoms. The predicted octanol–water partition coefficient (Wildman–Crippen LogP) is 3.08. The van der Waals surface area contributed by atoms with Crippen LogP contribution in [0.25, 0.3) is 11.5 Å². The van der Waals surface area contributed by atoms with Gasteiger partial charge in [-0.25, -0.2) is 8.42 Å². The Morgan fingerprint density at radius 2 is 1.86 bits per heavy atom. The van der Waals surface area contributed by atoms with Gasteiger partial charge in [0.05, 0.1) is 4.90 Å². The van der Waals surface area contributed by atoms with E-state index in [0.29, 0.717) is 5.89 Å². The SMILES string of the molecule is Cc1cccc(-c2nnc(NC(=O)c3ccc(S(=O)(=O)N(C)C4CC4)cc3)o2)c1. The fraction of sp³-hybridized carbons (Fsp3) is 0.250. The van der Waals surface area contributed by atoms with E-state index in [4.69, 9.17) is 4.42 Å². The third kappa shape index (κ3) is 4.06. The molecule has 0 atom stereocenters. The number of aryl methyl sites for hydroxylation is 1. The van der Waals surface area contributed by atoms with Gasteiger partial charge in [-0.1, -0.05) is 22.8 Å². The first-order chi connectivity index (χ1) is 13.8. The van der Waals surface area contributed by atoms with E-state index in [1.165, 1.54) is 28.6 Å². The lowest BCUT2D eigenvalue weighted by atomic mass is 10.1. The molecular weight excluding hydrogens is 392 g/mol. The molecule has 2 aromatic carbocycles. The highest BCUT2D eigenvalue weighted by atomic mass is 32.2. The van der Waals surface area contributed by atoms with Gasteiger partial charge in [0.15, 0.2) is 0 Å². The van der Waals surface area contributed by atoms with Crippen molar-refractivity contribution in [2.75, 3.05) is 12.4 Å². The number of carbonyl (C=O) groups is 1. The van der Waals surface area contributed by atoms with Crippen molar-refractivity contribution in [3.8, 4) is 11.5 Å². The minimum absolute atomic E-state index is 0.0309. The summed E-state index contributed by atoms with van der Waals surface area (Å²) in [5.41, 5.74) is 2.09. The van der Waals surface area contributed by atoms with Gasteiger partial charge in [-0.2, -0.15) is 4.31 Å². The highest BCUT2D eigenvalue weighted by Crippen LogP contribution is 2.30. The van der Waals surface area contributed by atoms with Gasteiger partial charge >= 0.3 is 6.01 Å². The lowest BCUT2D eigenvalue weighted by molar-refractivity contribution is 0.102. The Balaban J connectivity index is 1.46. The molecule has 0 aliphatic heterocycles. The van der Waals surface area contributed by atoms with Crippen LogP contribution in [0.15, 0.2) is 57.8 Å². The van der Waals surface area contributed by atoms with E-state index >= 15 is 0 Å². The standard InChI is InChI=1S/C20H20N4O4S/c1-13-4-3-5-15(12-13)19-22-23-20(28-19)21-18(25)14-6-10-17(11-7-14)29(26,27)24(2)16-8-9-16/h3-7,10-12,16H,8-9H2,1-2H3,(H,21,23,25). The Hall–Kier alpha value is -3.04. The van der Waals surface area contributed by atoms with Crippen LogP contribution in [0.5, 0.6) is 0 Å². The maximum atomic E-state index is 12.5. The predicted molar refractivity (Wildman–Crippen MR) is 107 cm³/mol. The van der Waals surface area contributed by atoms with E-state index in [1.54, 1.807) is 7.05 Å². The molecule has 1 N–H and O–H groups in total. The number of amides is 1. The average molecular weight is 412 g/mol. The first kappa shape index (κ1) is 19.3. The summed E-state index contributed by atoms with van der Waals surface area (Å²) in [4.78, 5) is 12.6. The van der Waals surface area contributed by atoms with Gasteiger partial charge in [-0.15, -0.1) is 5.10 Å². The van der Waals surface area contributed by atoms with Crippen LogP contribution in [0, 0.1) is 6.92 Å². The van der Waals surface area contributed by atoms with Crippen molar-refractivity contribution in [3.05, 3.63) is 59.7 Å². The maximum Gasteiger partial charge on any atom is 0.322 e. The van der Waals surface area contributed by atoms with Crippen LogP contribution in [0.1, 0.15) is 28.8 Å². The molecule has 4 rings (SSSR count). The van der Waals surface area contributed by atoms with E-state index in [-0.39, 0.29) is 22.5 Å². The molecular formula is C20H20N4O4S. The number of rotatable bonds is 6. The minimum Gasteiger partial charge on any atom is -0.403 e. The van der Waals surface area contributed by atoms with Crippen LogP contribution in [-0.4, -0.2) is 41.9 Å². The number of nitrogens with zero attached hydrogens (tertiary/aromatic N) is 3. The number of benzene rings is 2. The molecule has 0 unspecified atom stereocenters. The third-order valence-corrected chi connectivity index (χ3v) is 6.69. The molecule has 0 spiro atoms. The zero-order chi connectivity index (χ0) is 20.6. The Morgan fingerprint density at radius 1 is 1.14 bits per heavy atom. The summed E-state index contributed by atoms with van der Waals surface area (Å²) in [6.07, 6.45) is 1.76. The molecule has 1 aliphatic rings. The summed E-state index contributed by atoms with van der Waals surface area (Å²) in [7, 11) is -1.97. The average Bonchev–Trinajstić information content (AvgIpc) is 3.46. The van der Waals surface area contributed by atoms with Crippen LogP contribution in [0.2, 0.25) is 0 Å². The molecule has 1 saturated carbocycles. The molecule has 3 aromatic rings. The Morgan fingerprint density at radius 3 is 2.52 bits per heavy atom. The summed E-state index contributed by atoms with van der Waals surface area (Å²) in [5, 5.41) is 10.3. The Kier molecular flexibility index (Phi) is 4.93. The summed E-state index contributed by atoms with van der Waals surface area (Å²) in [6, 6.07) is 13.4. The van der Waals surface area contributed by atoms with Crippen LogP contribution < -0.4 is 5.32 Å². The number of carbonyl (C=O) groups excluding carboxylic acids is 1. The van der Waals surface area contributed by atoms with Crippen LogP contribution >= 0.6 is 0 Å². The molecule has 1 heterocycles. The second kappa shape index (κ2) is 7.41. The molecule has 0 radical (unpaired) electrons. The normalized spacial score (nSPS) is 14.2. The summed E-state index contributed by atoms with van der Waals surface area (Å²) in [5.74, 6) is -0.169. The number of nitrogens with one attached hydrogen (secondary N) is 1. The molecule has 1 aliphatic carbocycles. The fourth-order valence-electron chi connectivity index (χ4n) is 2.92. The highest BCUT2D eigenvalue weighted by Gasteiger charge is 2.35. The molecule has 1 fully saturated rings. The van der Waals surface area contributed by atoms with Crippen molar-refractivity contribution in [3.63, 3.8) is 0 Å². The van der Waals surface area contributed by atoms with E-state index < -0.39 is 15.9 Å². The van der Waals surface area contributed by atoms with Crippen molar-refractivity contribution in [1.82, 2.24) is 14.5 Å². The van der Waals surface area contributed by atoms with Gasteiger partial charge in [0.1, 0.15) is 0 Å². The lowest BCUT2D eigenvalue weighted by Gasteiger charge is -2.16. The zero-order valence-electron chi connectivity index (χ0n) is 16.0. The number of sulfonamides is 1. The lowest BCUT2D eigenvalue weighted by Crippen LogP contribution is -2.29. The van der Waals surface area contributed by atoms with Crippen molar-refractivity contribution < 1.29 is 17.6 Å². The molecule has 8 nitrogen and oxygen atoms in total. The number of hydrogen-bond donors (Lipinski definition) is 1. The van der Waals surface area contributed by atoms with E-state index in [0.717, 1.165) is 24.0 Å². The Labute approximate surface area is 168 Å². The molecule has 1 amide bonds. The molecule has 1 aromatic heterocycles. The number of anilines is 1. The van der Waals surface area contributed by atoms with Gasteiger partial charge in [0.2, 0.25) is 15.9 Å². The maximum absolute atomic E-state index is 12.5. The number of hydrogen-bond acceptors (Lipinski definition) is 6. The van der Waals surface area contributed by atoms with Crippen LogP contribution in [0.3, 0.4) is 0 Å². The van der Waals surface area contributed by atoms with Gasteiger partial charge in [0.25, 0.3) is 5.91 Å². The quantitative estimate of drug-likeness (QED) is 0.667. The minimum atomic E-state index is -3.55. The van der Waals surface area contributed by atoms with Crippen molar-refractivity contribution in [2.24, 2.45) is 0 Å². The second-order valence-corrected chi connectivity index (χ2v) is 9.01. The smallest absolute Gasteiger partial charge is 0.322 e. The van der Waals surface area contributed by atoms with Crippen molar-refractivity contribution in [1.29, 1.82) is 0 Å². The molecule has 0 saturated heterocycles. The van der Waals surface area contributed by atoms with E-state index in [1.807, 2.05) is 31.2 Å².